The first-order valence-corrected chi connectivity index (χ1v) is 10.4. The van der Waals surface area contributed by atoms with Crippen LogP contribution in [0.5, 0.6) is 0 Å². The predicted octanol–water partition coefficient (Wildman–Crippen LogP) is 3.10. The van der Waals surface area contributed by atoms with Gasteiger partial charge < -0.3 is 19.5 Å². The molecule has 1 heterocycles. The van der Waals surface area contributed by atoms with Crippen molar-refractivity contribution in [2.45, 2.75) is 65.2 Å². The highest BCUT2D eigenvalue weighted by Crippen LogP contribution is 2.25. The van der Waals surface area contributed by atoms with Crippen LogP contribution in [0.25, 0.3) is 0 Å². The lowest BCUT2D eigenvalue weighted by atomic mass is 9.98. The highest BCUT2D eigenvalue weighted by Gasteiger charge is 2.41. The average Bonchev–Trinajstić information content (AvgIpc) is 2.70. The zero-order valence-electron chi connectivity index (χ0n) is 18.6. The van der Waals surface area contributed by atoms with Gasteiger partial charge in [0.1, 0.15) is 0 Å². The number of nitrogens with one attached hydrogen (secondary N) is 1. The van der Waals surface area contributed by atoms with Crippen LogP contribution in [0.4, 0.5) is 0 Å². The molecule has 0 saturated carbocycles. The third-order valence-corrected chi connectivity index (χ3v) is 5.52. The molecule has 1 fully saturated rings. The topological polar surface area (TPSA) is 90.9 Å². The van der Waals surface area contributed by atoms with Crippen LogP contribution in [-0.4, -0.2) is 49.8 Å². The van der Waals surface area contributed by atoms with E-state index >= 15 is 0 Å². The number of carbonyl (C=O) groups is 3. The van der Waals surface area contributed by atoms with Crippen LogP contribution in [-0.2, 0) is 23.8 Å². The van der Waals surface area contributed by atoms with Gasteiger partial charge in [-0.1, -0.05) is 30.5 Å². The first-order valence-electron chi connectivity index (χ1n) is 10.4. The number of aryl methyl sites for hydroxylation is 2. The zero-order valence-corrected chi connectivity index (χ0v) is 18.6. The van der Waals surface area contributed by atoms with E-state index in [0.29, 0.717) is 25.2 Å². The van der Waals surface area contributed by atoms with Gasteiger partial charge in [-0.05, 0) is 45.2 Å². The molecular weight excluding hydrogens is 386 g/mol. The van der Waals surface area contributed by atoms with Crippen molar-refractivity contribution in [3.05, 3.63) is 34.9 Å². The number of methoxy groups -OCH3 is 1. The molecular formula is C23H33NO6. The van der Waals surface area contributed by atoms with Gasteiger partial charge in [-0.25, -0.2) is 4.79 Å². The van der Waals surface area contributed by atoms with Crippen molar-refractivity contribution >= 4 is 17.7 Å². The van der Waals surface area contributed by atoms with E-state index in [2.05, 4.69) is 5.32 Å². The van der Waals surface area contributed by atoms with E-state index in [4.69, 9.17) is 14.2 Å². The molecule has 1 unspecified atom stereocenters. The highest BCUT2D eigenvalue weighted by atomic mass is 16.7. The van der Waals surface area contributed by atoms with Gasteiger partial charge in [0, 0.05) is 18.4 Å². The van der Waals surface area contributed by atoms with Gasteiger partial charge in [0.25, 0.3) is 11.7 Å². The molecule has 1 aromatic rings. The average molecular weight is 420 g/mol. The quantitative estimate of drug-likeness (QED) is 0.489. The first-order chi connectivity index (χ1) is 14.2. The van der Waals surface area contributed by atoms with Crippen LogP contribution in [0, 0.1) is 19.8 Å². The van der Waals surface area contributed by atoms with Crippen LogP contribution in [0.15, 0.2) is 18.2 Å². The van der Waals surface area contributed by atoms with Gasteiger partial charge in [-0.3, -0.25) is 9.59 Å². The van der Waals surface area contributed by atoms with Crippen molar-refractivity contribution < 1.29 is 28.6 Å². The molecule has 2 rings (SSSR count). The fourth-order valence-corrected chi connectivity index (χ4v) is 3.58. The van der Waals surface area contributed by atoms with E-state index in [1.807, 2.05) is 26.0 Å². The molecule has 30 heavy (non-hydrogen) atoms. The number of benzene rings is 1. The Bertz CT molecular complexity index is 767. The monoisotopic (exact) mass is 419 g/mol. The van der Waals surface area contributed by atoms with Crippen LogP contribution < -0.4 is 5.32 Å². The van der Waals surface area contributed by atoms with Crippen molar-refractivity contribution in [3.63, 3.8) is 0 Å². The van der Waals surface area contributed by atoms with Crippen molar-refractivity contribution in [1.82, 2.24) is 5.32 Å². The fourth-order valence-electron chi connectivity index (χ4n) is 3.58. The Hall–Kier alpha value is -2.25. The molecule has 7 heteroatoms. The van der Waals surface area contributed by atoms with Gasteiger partial charge in [-0.2, -0.15) is 0 Å². The number of carbonyl (C=O) groups excluding carboxylic acids is 3. The molecule has 0 radical (unpaired) electrons. The van der Waals surface area contributed by atoms with Crippen LogP contribution in [0.3, 0.4) is 0 Å². The summed E-state index contributed by atoms with van der Waals surface area (Å²) in [4.78, 5) is 36.3. The van der Waals surface area contributed by atoms with Gasteiger partial charge >= 0.3 is 5.97 Å². The molecule has 1 aliphatic heterocycles. The van der Waals surface area contributed by atoms with E-state index in [1.54, 1.807) is 13.0 Å². The molecule has 1 N–H and O–H groups in total. The Morgan fingerprint density at radius 3 is 2.43 bits per heavy atom. The lowest BCUT2D eigenvalue weighted by Crippen LogP contribution is -2.48. The molecule has 7 nitrogen and oxygen atoms in total. The van der Waals surface area contributed by atoms with Crippen LogP contribution in [0.1, 0.15) is 61.0 Å². The number of hydrogen-bond donors (Lipinski definition) is 1. The Morgan fingerprint density at radius 2 is 1.87 bits per heavy atom. The number of unbranched alkanes of at least 4 members (excludes halogenated alkanes) is 1. The van der Waals surface area contributed by atoms with E-state index < -0.39 is 17.8 Å². The van der Waals surface area contributed by atoms with Gasteiger partial charge in [0.2, 0.25) is 0 Å². The maximum Gasteiger partial charge on any atom is 0.366 e. The highest BCUT2D eigenvalue weighted by molar-refractivity contribution is 5.98. The van der Waals surface area contributed by atoms with Crippen LogP contribution in [0.2, 0.25) is 0 Å². The normalized spacial score (nSPS) is 22.2. The number of ketones is 1. The van der Waals surface area contributed by atoms with Crippen molar-refractivity contribution in [2.75, 3.05) is 20.3 Å². The maximum absolute atomic E-state index is 12.6. The summed E-state index contributed by atoms with van der Waals surface area (Å²) in [5.41, 5.74) is 2.58. The number of rotatable bonds is 9. The summed E-state index contributed by atoms with van der Waals surface area (Å²) in [5.74, 6) is -1.95. The zero-order chi connectivity index (χ0) is 22.3. The third-order valence-electron chi connectivity index (χ3n) is 5.52. The molecule has 1 saturated heterocycles. The minimum Gasteiger partial charge on any atom is -0.465 e. The minimum absolute atomic E-state index is 0.0497. The fraction of sp³-hybridized carbons (Fsp3) is 0.609. The van der Waals surface area contributed by atoms with E-state index in [1.165, 1.54) is 14.0 Å². The Morgan fingerprint density at radius 1 is 1.20 bits per heavy atom. The SMILES string of the molecule is COC(=O)C1(C)OCC(CCCCC(NC(=O)c2ccc(C)cc2C)C(C)=O)CO1. The molecule has 0 bridgehead atoms. The summed E-state index contributed by atoms with van der Waals surface area (Å²) in [6, 6.07) is 5.14. The molecule has 0 spiro atoms. The number of hydrogen-bond acceptors (Lipinski definition) is 6. The lowest BCUT2D eigenvalue weighted by molar-refractivity contribution is -0.272. The number of Topliss-reactive ketones (excluding diaryl/α,β-unsaturated/α-hetero) is 1. The Labute approximate surface area is 178 Å². The molecule has 0 aromatic heterocycles. The molecule has 166 valence electrons. The predicted molar refractivity (Wildman–Crippen MR) is 112 cm³/mol. The minimum atomic E-state index is -1.33. The van der Waals surface area contributed by atoms with E-state index in [0.717, 1.165) is 30.4 Å². The number of esters is 1. The summed E-state index contributed by atoms with van der Waals surface area (Å²) in [6.45, 7) is 7.78. The summed E-state index contributed by atoms with van der Waals surface area (Å²) >= 11 is 0. The molecule has 1 aliphatic rings. The van der Waals surface area contributed by atoms with Gasteiger partial charge in [-0.15, -0.1) is 0 Å². The second-order valence-electron chi connectivity index (χ2n) is 8.16. The third kappa shape index (κ3) is 6.37. The smallest absolute Gasteiger partial charge is 0.366 e. The molecule has 1 aromatic carbocycles. The largest absolute Gasteiger partial charge is 0.465 e. The van der Waals surface area contributed by atoms with Gasteiger partial charge in [0.05, 0.1) is 26.4 Å². The first kappa shape index (κ1) is 24.0. The van der Waals surface area contributed by atoms with E-state index in [9.17, 15) is 14.4 Å². The summed E-state index contributed by atoms with van der Waals surface area (Å²) in [7, 11) is 1.30. The maximum atomic E-state index is 12.6. The molecule has 0 aliphatic carbocycles. The summed E-state index contributed by atoms with van der Waals surface area (Å²) < 4.78 is 15.8. The second kappa shape index (κ2) is 10.7. The van der Waals surface area contributed by atoms with Gasteiger partial charge in [0.15, 0.2) is 5.78 Å². The van der Waals surface area contributed by atoms with Crippen molar-refractivity contribution in [2.24, 2.45) is 5.92 Å². The van der Waals surface area contributed by atoms with Crippen molar-refractivity contribution in [3.8, 4) is 0 Å². The number of amides is 1. The summed E-state index contributed by atoms with van der Waals surface area (Å²) in [6.07, 6.45) is 3.10. The second-order valence-corrected chi connectivity index (χ2v) is 8.16. The van der Waals surface area contributed by atoms with Crippen molar-refractivity contribution in [1.29, 1.82) is 0 Å². The Kier molecular flexibility index (Phi) is 8.55. The van der Waals surface area contributed by atoms with Crippen LogP contribution >= 0.6 is 0 Å². The lowest BCUT2D eigenvalue weighted by Gasteiger charge is -2.35. The van der Waals surface area contributed by atoms with E-state index in [-0.39, 0.29) is 17.6 Å². The number of ether oxygens (including phenoxy) is 3. The molecule has 1 amide bonds. The molecule has 1 atom stereocenters. The summed E-state index contributed by atoms with van der Waals surface area (Å²) in [5, 5.41) is 2.87. The standard InChI is InChI=1S/C23H33NO6/c1-15-10-11-19(16(2)12-15)21(26)24-20(17(3)25)9-7-6-8-18-13-29-23(4,30-14-18)22(27)28-5/h10-12,18,20H,6-9,13-14H2,1-5H3,(H,24,26). The Balaban J connectivity index is 1.77.